The number of carbonyl (C=O) groups excluding carboxylic acids is 1. The molecular formula is C15H23Cl2IN4O. The van der Waals surface area contributed by atoms with Gasteiger partial charge >= 0.3 is 0 Å². The number of aliphatic imine (C=N–C) groups is 1. The van der Waals surface area contributed by atoms with Gasteiger partial charge in [0.15, 0.2) is 5.96 Å². The van der Waals surface area contributed by atoms with E-state index in [1.807, 2.05) is 33.8 Å². The van der Waals surface area contributed by atoms with Gasteiger partial charge in [0.1, 0.15) is 6.54 Å². The minimum atomic E-state index is -0.293. The minimum absolute atomic E-state index is 0. The van der Waals surface area contributed by atoms with Crippen molar-refractivity contribution in [2.75, 3.05) is 6.54 Å². The predicted molar refractivity (Wildman–Crippen MR) is 108 cm³/mol. The first-order valence-corrected chi connectivity index (χ1v) is 7.66. The Balaban J connectivity index is 0.00000484. The summed E-state index contributed by atoms with van der Waals surface area (Å²) in [6, 6.07) is 5.09. The minimum Gasteiger partial charge on any atom is -0.370 e. The van der Waals surface area contributed by atoms with E-state index in [1.165, 1.54) is 0 Å². The molecule has 1 rings (SSSR count). The molecule has 0 aliphatic heterocycles. The van der Waals surface area contributed by atoms with Crippen LogP contribution in [0.3, 0.4) is 0 Å². The number of hydrogen-bond donors (Lipinski definition) is 3. The molecule has 130 valence electrons. The first kappa shape index (κ1) is 22.3. The Morgan fingerprint density at radius 3 is 2.48 bits per heavy atom. The number of halogens is 3. The molecular weight excluding hydrogens is 450 g/mol. The molecule has 0 saturated carbocycles. The van der Waals surface area contributed by atoms with E-state index >= 15 is 0 Å². The molecule has 5 nitrogen and oxygen atoms in total. The van der Waals surface area contributed by atoms with Crippen molar-refractivity contribution in [1.82, 2.24) is 10.6 Å². The number of guanidine groups is 1. The average molecular weight is 473 g/mol. The van der Waals surface area contributed by atoms with Gasteiger partial charge in [-0.2, -0.15) is 0 Å². The normalized spacial score (nSPS) is 13.0. The van der Waals surface area contributed by atoms with Crippen LogP contribution in [-0.2, 0) is 4.79 Å². The number of hydrogen-bond acceptors (Lipinski definition) is 2. The lowest BCUT2D eigenvalue weighted by Crippen LogP contribution is -2.42. The summed E-state index contributed by atoms with van der Waals surface area (Å²) in [5.41, 5.74) is 6.35. The van der Waals surface area contributed by atoms with Crippen molar-refractivity contribution in [3.8, 4) is 0 Å². The molecule has 0 aromatic heterocycles. The molecule has 1 aromatic rings. The number of benzene rings is 1. The Morgan fingerprint density at radius 2 is 1.96 bits per heavy atom. The molecule has 0 fully saturated rings. The fourth-order valence-corrected chi connectivity index (χ4v) is 2.38. The summed E-state index contributed by atoms with van der Waals surface area (Å²) in [6.45, 7) is 7.58. The number of carbonyl (C=O) groups is 1. The molecule has 1 unspecified atom stereocenters. The SMILES string of the molecule is CC(NC(N)=NCC(=O)NC(C)(C)C)c1ccc(Cl)cc1Cl.I. The first-order chi connectivity index (χ1) is 10.1. The molecule has 8 heteroatoms. The van der Waals surface area contributed by atoms with Crippen LogP contribution >= 0.6 is 47.2 Å². The van der Waals surface area contributed by atoms with Crippen LogP contribution < -0.4 is 16.4 Å². The topological polar surface area (TPSA) is 79.5 Å². The highest BCUT2D eigenvalue weighted by atomic mass is 127. The summed E-state index contributed by atoms with van der Waals surface area (Å²) < 4.78 is 0. The summed E-state index contributed by atoms with van der Waals surface area (Å²) >= 11 is 12.0. The number of nitrogens with one attached hydrogen (secondary N) is 2. The maximum Gasteiger partial charge on any atom is 0.242 e. The molecule has 0 spiro atoms. The van der Waals surface area contributed by atoms with Crippen molar-refractivity contribution in [1.29, 1.82) is 0 Å². The van der Waals surface area contributed by atoms with E-state index in [9.17, 15) is 4.79 Å². The Bertz CT molecular complexity index is 573. The summed E-state index contributed by atoms with van der Waals surface area (Å²) in [7, 11) is 0. The quantitative estimate of drug-likeness (QED) is 0.356. The third-order valence-corrected chi connectivity index (χ3v) is 3.26. The Kier molecular flexibility index (Phi) is 9.24. The third-order valence-electron chi connectivity index (χ3n) is 2.70. The Morgan fingerprint density at radius 1 is 1.35 bits per heavy atom. The van der Waals surface area contributed by atoms with Crippen molar-refractivity contribution in [2.24, 2.45) is 10.7 Å². The van der Waals surface area contributed by atoms with Gasteiger partial charge in [0.05, 0.1) is 6.04 Å². The van der Waals surface area contributed by atoms with Crippen LogP contribution in [-0.4, -0.2) is 24.0 Å². The van der Waals surface area contributed by atoms with Gasteiger partial charge in [-0.15, -0.1) is 24.0 Å². The first-order valence-electron chi connectivity index (χ1n) is 6.91. The smallest absolute Gasteiger partial charge is 0.242 e. The molecule has 0 aliphatic carbocycles. The molecule has 1 atom stereocenters. The predicted octanol–water partition coefficient (Wildman–Crippen LogP) is 3.49. The van der Waals surface area contributed by atoms with Crippen molar-refractivity contribution in [2.45, 2.75) is 39.3 Å². The lowest BCUT2D eigenvalue weighted by Gasteiger charge is -2.20. The van der Waals surface area contributed by atoms with Crippen molar-refractivity contribution in [3.63, 3.8) is 0 Å². The summed E-state index contributed by atoms with van der Waals surface area (Å²) in [4.78, 5) is 15.7. The maximum absolute atomic E-state index is 11.7. The van der Waals surface area contributed by atoms with Gasteiger partial charge in [0.2, 0.25) is 5.91 Å². The zero-order valence-electron chi connectivity index (χ0n) is 13.6. The molecule has 23 heavy (non-hydrogen) atoms. The van der Waals surface area contributed by atoms with Gasteiger partial charge in [-0.1, -0.05) is 29.3 Å². The zero-order chi connectivity index (χ0) is 16.9. The Labute approximate surface area is 164 Å². The van der Waals surface area contributed by atoms with Gasteiger partial charge in [-0.25, -0.2) is 4.99 Å². The number of nitrogens with zero attached hydrogens (tertiary/aromatic N) is 1. The molecule has 0 aliphatic rings. The highest BCUT2D eigenvalue weighted by molar-refractivity contribution is 14.0. The molecule has 1 aromatic carbocycles. The fourth-order valence-electron chi connectivity index (χ4n) is 1.81. The van der Waals surface area contributed by atoms with E-state index < -0.39 is 0 Å². The van der Waals surface area contributed by atoms with Crippen LogP contribution in [0.2, 0.25) is 10.0 Å². The van der Waals surface area contributed by atoms with E-state index in [0.717, 1.165) is 5.56 Å². The van der Waals surface area contributed by atoms with Crippen LogP contribution in [0.15, 0.2) is 23.2 Å². The van der Waals surface area contributed by atoms with Crippen molar-refractivity contribution in [3.05, 3.63) is 33.8 Å². The van der Waals surface area contributed by atoms with Crippen LogP contribution in [0.5, 0.6) is 0 Å². The molecule has 0 saturated heterocycles. The van der Waals surface area contributed by atoms with Gasteiger partial charge in [-0.3, -0.25) is 4.79 Å². The molecule has 1 amide bonds. The van der Waals surface area contributed by atoms with Crippen LogP contribution in [0, 0.1) is 0 Å². The molecule has 4 N–H and O–H groups in total. The van der Waals surface area contributed by atoms with E-state index in [4.69, 9.17) is 28.9 Å². The highest BCUT2D eigenvalue weighted by Gasteiger charge is 2.14. The van der Waals surface area contributed by atoms with E-state index in [1.54, 1.807) is 12.1 Å². The number of rotatable bonds is 4. The van der Waals surface area contributed by atoms with Gasteiger partial charge in [0.25, 0.3) is 0 Å². The van der Waals surface area contributed by atoms with Crippen molar-refractivity contribution < 1.29 is 4.79 Å². The Hall–Kier alpha value is -0.730. The molecule has 0 radical (unpaired) electrons. The molecule has 0 heterocycles. The standard InChI is InChI=1S/C15H22Cl2N4O.HI/c1-9(11-6-5-10(16)7-12(11)17)20-14(18)19-8-13(22)21-15(2,3)4;/h5-7,9H,8H2,1-4H3,(H,21,22)(H3,18,19,20);1H. The van der Waals surface area contributed by atoms with Crippen molar-refractivity contribution >= 4 is 59.0 Å². The van der Waals surface area contributed by atoms with Gasteiger partial charge in [0, 0.05) is 15.6 Å². The van der Waals surface area contributed by atoms with Gasteiger partial charge in [-0.05, 0) is 45.4 Å². The average Bonchev–Trinajstić information content (AvgIpc) is 2.34. The van der Waals surface area contributed by atoms with Crippen LogP contribution in [0.4, 0.5) is 0 Å². The second kappa shape index (κ2) is 9.54. The van der Waals surface area contributed by atoms with Gasteiger partial charge < -0.3 is 16.4 Å². The fraction of sp³-hybridized carbons (Fsp3) is 0.467. The summed E-state index contributed by atoms with van der Waals surface area (Å²) in [5, 5.41) is 6.92. The number of amides is 1. The van der Waals surface area contributed by atoms with E-state index in [2.05, 4.69) is 15.6 Å². The summed E-state index contributed by atoms with van der Waals surface area (Å²) in [6.07, 6.45) is 0. The highest BCUT2D eigenvalue weighted by Crippen LogP contribution is 2.25. The number of nitrogens with two attached hydrogens (primary N) is 1. The lowest BCUT2D eigenvalue weighted by molar-refractivity contribution is -0.121. The second-order valence-corrected chi connectivity index (χ2v) is 6.88. The van der Waals surface area contributed by atoms with Crippen LogP contribution in [0.1, 0.15) is 39.3 Å². The monoisotopic (exact) mass is 472 g/mol. The van der Waals surface area contributed by atoms with Crippen LogP contribution in [0.25, 0.3) is 0 Å². The largest absolute Gasteiger partial charge is 0.370 e. The maximum atomic E-state index is 11.7. The summed E-state index contributed by atoms with van der Waals surface area (Å²) in [5.74, 6) is -0.00277. The lowest BCUT2D eigenvalue weighted by atomic mass is 10.1. The zero-order valence-corrected chi connectivity index (χ0v) is 17.5. The van der Waals surface area contributed by atoms with E-state index in [-0.39, 0.29) is 54.0 Å². The molecule has 0 bridgehead atoms. The van der Waals surface area contributed by atoms with E-state index in [0.29, 0.717) is 10.0 Å². The second-order valence-electron chi connectivity index (χ2n) is 6.03. The third kappa shape index (κ3) is 8.62.